The van der Waals surface area contributed by atoms with E-state index in [0.29, 0.717) is 36.4 Å². The molecule has 0 aliphatic heterocycles. The zero-order valence-corrected chi connectivity index (χ0v) is 22.0. The van der Waals surface area contributed by atoms with Crippen molar-refractivity contribution < 1.29 is 24.0 Å². The Hall–Kier alpha value is -4.25. The topological polar surface area (TPSA) is 130 Å². The number of hydroxylamine groups is 1. The van der Waals surface area contributed by atoms with Crippen LogP contribution in [0.3, 0.4) is 0 Å². The van der Waals surface area contributed by atoms with Gasteiger partial charge in [-0.1, -0.05) is 30.3 Å². The number of amides is 2. The van der Waals surface area contributed by atoms with Crippen LogP contribution >= 0.6 is 0 Å². The number of Topliss-reactive ketones (excluding diaryl/α,β-unsaturated/α-hetero) is 2. The van der Waals surface area contributed by atoms with Crippen LogP contribution in [-0.2, 0) is 32.3 Å². The highest BCUT2D eigenvalue weighted by molar-refractivity contribution is 6.49. The molecule has 202 valence electrons. The van der Waals surface area contributed by atoms with Gasteiger partial charge in [-0.25, -0.2) is 0 Å². The molecule has 1 aromatic heterocycles. The summed E-state index contributed by atoms with van der Waals surface area (Å²) in [5, 5.41) is 10.2. The summed E-state index contributed by atoms with van der Waals surface area (Å²) >= 11 is 0. The minimum absolute atomic E-state index is 0.345. The molecule has 0 radical (unpaired) electrons. The lowest BCUT2D eigenvalue weighted by Gasteiger charge is -2.34. The summed E-state index contributed by atoms with van der Waals surface area (Å²) in [6.45, 7) is 6.23. The number of hydrogen-bond donors (Lipinski definition) is 3. The Kier molecular flexibility index (Phi) is 8.60. The van der Waals surface area contributed by atoms with Crippen molar-refractivity contribution in [3.8, 4) is 0 Å². The highest BCUT2D eigenvalue weighted by Crippen LogP contribution is 2.27. The van der Waals surface area contributed by atoms with Gasteiger partial charge in [-0.3, -0.25) is 29.0 Å². The van der Waals surface area contributed by atoms with E-state index in [4.69, 9.17) is 4.84 Å². The summed E-state index contributed by atoms with van der Waals surface area (Å²) in [5.74, 6) is -1.25. The molecule has 39 heavy (non-hydrogen) atoms. The first-order valence-corrected chi connectivity index (χ1v) is 12.5. The second kappa shape index (κ2) is 12.1. The molecule has 0 bridgehead atoms. The zero-order valence-electron chi connectivity index (χ0n) is 22.0. The summed E-state index contributed by atoms with van der Waals surface area (Å²) in [6, 6.07) is 16.2. The molecule has 1 saturated carbocycles. The molecule has 10 heteroatoms. The van der Waals surface area contributed by atoms with Crippen LogP contribution in [0.2, 0.25) is 0 Å². The molecule has 1 aliphatic rings. The van der Waals surface area contributed by atoms with Crippen LogP contribution in [-0.4, -0.2) is 46.6 Å². The molecule has 1 heterocycles. The molecule has 1 aliphatic carbocycles. The molecule has 3 aromatic rings. The van der Waals surface area contributed by atoms with Crippen molar-refractivity contribution >= 4 is 35.3 Å². The molecule has 4 rings (SSSR count). The summed E-state index contributed by atoms with van der Waals surface area (Å²) < 4.78 is 0. The smallest absolute Gasteiger partial charge is 0.255 e. The molecule has 0 saturated heterocycles. The maximum atomic E-state index is 12.9. The average Bonchev–Trinajstić information content (AvgIpc) is 2.93. The van der Waals surface area contributed by atoms with E-state index in [1.54, 1.807) is 60.9 Å². The standard InChI is InChI=1S/C29H31N5O5/c1-29(2,3)39-34(18-35)23-9-5-4-8-22(23)33-28(38)21-12-10-19(11-13-21)16-31-24-25(27(37)26(24)36)32-17-20-7-6-14-30-15-20/h4-15,18,24-25,31-32H,16-17H2,1-3H3,(H,33,38). The molecule has 2 aromatic carbocycles. The summed E-state index contributed by atoms with van der Waals surface area (Å²) in [6.07, 6.45) is 3.93. The fourth-order valence-electron chi connectivity index (χ4n) is 4.05. The van der Waals surface area contributed by atoms with E-state index in [0.717, 1.165) is 16.2 Å². The Morgan fingerprint density at radius 3 is 2.15 bits per heavy atom. The maximum Gasteiger partial charge on any atom is 0.255 e. The minimum atomic E-state index is -0.621. The van der Waals surface area contributed by atoms with Crippen molar-refractivity contribution in [2.75, 3.05) is 10.4 Å². The highest BCUT2D eigenvalue weighted by Gasteiger charge is 2.48. The van der Waals surface area contributed by atoms with E-state index in [9.17, 15) is 19.2 Å². The van der Waals surface area contributed by atoms with Gasteiger partial charge in [0.2, 0.25) is 18.0 Å². The minimum Gasteiger partial charge on any atom is -0.320 e. The number of ketones is 2. The van der Waals surface area contributed by atoms with Crippen molar-refractivity contribution in [1.29, 1.82) is 0 Å². The Morgan fingerprint density at radius 1 is 0.923 bits per heavy atom. The van der Waals surface area contributed by atoms with Crippen LogP contribution in [0.5, 0.6) is 0 Å². The van der Waals surface area contributed by atoms with Crippen LogP contribution in [0.15, 0.2) is 73.1 Å². The molecular weight excluding hydrogens is 498 g/mol. The van der Waals surface area contributed by atoms with Gasteiger partial charge in [-0.15, -0.1) is 0 Å². The number of pyridine rings is 1. The number of nitrogens with one attached hydrogen (secondary N) is 3. The van der Waals surface area contributed by atoms with Gasteiger partial charge in [0.25, 0.3) is 5.91 Å². The number of aromatic nitrogens is 1. The quantitative estimate of drug-likeness (QED) is 0.196. The largest absolute Gasteiger partial charge is 0.320 e. The Balaban J connectivity index is 1.35. The molecule has 3 N–H and O–H groups in total. The maximum absolute atomic E-state index is 12.9. The number of nitrogens with zero attached hydrogens (tertiary/aromatic N) is 2. The molecule has 2 unspecified atom stereocenters. The van der Waals surface area contributed by atoms with Crippen LogP contribution in [0.25, 0.3) is 0 Å². The zero-order chi connectivity index (χ0) is 28.0. The molecule has 2 amide bonds. The lowest BCUT2D eigenvalue weighted by atomic mass is 9.82. The average molecular weight is 530 g/mol. The van der Waals surface area contributed by atoms with Gasteiger partial charge < -0.3 is 16.0 Å². The van der Waals surface area contributed by atoms with Crippen molar-refractivity contribution in [3.63, 3.8) is 0 Å². The van der Waals surface area contributed by atoms with E-state index in [-0.39, 0.29) is 5.91 Å². The molecule has 1 fully saturated rings. The van der Waals surface area contributed by atoms with Crippen LogP contribution < -0.4 is 21.0 Å². The van der Waals surface area contributed by atoms with Gasteiger partial charge in [0.15, 0.2) is 0 Å². The van der Waals surface area contributed by atoms with Gasteiger partial charge in [0.1, 0.15) is 0 Å². The number of carbonyl (C=O) groups excluding carboxylic acids is 4. The molecule has 2 atom stereocenters. The van der Waals surface area contributed by atoms with Crippen molar-refractivity contribution in [3.05, 3.63) is 89.7 Å². The summed E-state index contributed by atoms with van der Waals surface area (Å²) in [5.41, 5.74) is 2.38. The summed E-state index contributed by atoms with van der Waals surface area (Å²) in [7, 11) is 0. The normalized spacial score (nSPS) is 16.9. The third-order valence-corrected chi connectivity index (χ3v) is 5.99. The van der Waals surface area contributed by atoms with E-state index in [2.05, 4.69) is 20.9 Å². The highest BCUT2D eigenvalue weighted by atomic mass is 16.7. The molecular formula is C29H31N5O5. The summed E-state index contributed by atoms with van der Waals surface area (Å²) in [4.78, 5) is 58.6. The Morgan fingerprint density at radius 2 is 1.56 bits per heavy atom. The van der Waals surface area contributed by atoms with Gasteiger partial charge in [0.05, 0.1) is 29.1 Å². The SMILES string of the molecule is CC(C)(C)ON(C=O)c1ccccc1NC(=O)c1ccc(CNC2C(=O)C(=O)C2NCc2cccnc2)cc1. The van der Waals surface area contributed by atoms with E-state index >= 15 is 0 Å². The fraction of sp³-hybridized carbons (Fsp3) is 0.276. The van der Waals surface area contributed by atoms with Crippen LogP contribution in [0.1, 0.15) is 42.3 Å². The first-order chi connectivity index (χ1) is 18.7. The van der Waals surface area contributed by atoms with E-state index in [1.165, 1.54) is 0 Å². The van der Waals surface area contributed by atoms with Gasteiger partial charge >= 0.3 is 0 Å². The first kappa shape index (κ1) is 27.8. The number of para-hydroxylation sites is 2. The van der Waals surface area contributed by atoms with Gasteiger partial charge in [-0.2, -0.15) is 5.06 Å². The number of benzene rings is 2. The number of carbonyl (C=O) groups is 4. The van der Waals surface area contributed by atoms with Crippen molar-refractivity contribution in [1.82, 2.24) is 15.6 Å². The lowest BCUT2D eigenvalue weighted by Crippen LogP contribution is -2.69. The number of anilines is 2. The second-order valence-electron chi connectivity index (χ2n) is 10.1. The van der Waals surface area contributed by atoms with E-state index in [1.807, 2.05) is 32.9 Å². The number of hydrogen-bond acceptors (Lipinski definition) is 8. The first-order valence-electron chi connectivity index (χ1n) is 12.5. The van der Waals surface area contributed by atoms with Gasteiger partial charge in [-0.05, 0) is 62.2 Å². The van der Waals surface area contributed by atoms with Crippen LogP contribution in [0.4, 0.5) is 11.4 Å². The fourth-order valence-corrected chi connectivity index (χ4v) is 4.05. The molecule has 0 spiro atoms. The molecule has 10 nitrogen and oxygen atoms in total. The second-order valence-corrected chi connectivity index (χ2v) is 10.1. The predicted molar refractivity (Wildman–Crippen MR) is 146 cm³/mol. The van der Waals surface area contributed by atoms with Crippen molar-refractivity contribution in [2.45, 2.75) is 51.5 Å². The third-order valence-electron chi connectivity index (χ3n) is 5.99. The van der Waals surface area contributed by atoms with E-state index < -0.39 is 29.3 Å². The Bertz CT molecular complexity index is 1340. The third kappa shape index (κ3) is 6.99. The number of rotatable bonds is 11. The Labute approximate surface area is 226 Å². The monoisotopic (exact) mass is 529 g/mol. The van der Waals surface area contributed by atoms with Crippen molar-refractivity contribution in [2.24, 2.45) is 0 Å². The lowest BCUT2D eigenvalue weighted by molar-refractivity contribution is -0.147. The predicted octanol–water partition coefficient (Wildman–Crippen LogP) is 2.80. The van der Waals surface area contributed by atoms with Crippen LogP contribution in [0, 0.1) is 0 Å². The van der Waals surface area contributed by atoms with Gasteiger partial charge in [0, 0.05) is 31.0 Å².